The Kier molecular flexibility index (Phi) is 5.16. The van der Waals surface area contributed by atoms with E-state index in [4.69, 9.17) is 15.6 Å². The van der Waals surface area contributed by atoms with Crippen molar-refractivity contribution in [2.45, 2.75) is 24.9 Å². The van der Waals surface area contributed by atoms with Gasteiger partial charge in [0.05, 0.1) is 19.0 Å². The summed E-state index contributed by atoms with van der Waals surface area (Å²) in [5.74, 6) is 0.0604. The Bertz CT molecular complexity index is 852. The van der Waals surface area contributed by atoms with Crippen LogP contribution in [0, 0.1) is 0 Å². The number of aromatic nitrogens is 4. The SMILES string of the molecule is Nc1ncnc2c1ncn2[C@H]1C[C@H](O)[C@@H](CO)O1.O=C1C=CC(=O)C=C1. The molecule has 26 heavy (non-hydrogen) atoms. The molecule has 1 aliphatic carbocycles. The van der Waals surface area contributed by atoms with Crippen molar-refractivity contribution in [1.82, 2.24) is 19.5 Å². The molecule has 1 fully saturated rings. The highest BCUT2D eigenvalue weighted by atomic mass is 16.5. The van der Waals surface area contributed by atoms with Crippen LogP contribution in [-0.4, -0.2) is 60.1 Å². The van der Waals surface area contributed by atoms with Gasteiger partial charge in [0.2, 0.25) is 0 Å². The maximum absolute atomic E-state index is 10.3. The van der Waals surface area contributed by atoms with E-state index in [1.165, 1.54) is 30.6 Å². The summed E-state index contributed by atoms with van der Waals surface area (Å²) < 4.78 is 7.22. The van der Waals surface area contributed by atoms with E-state index in [9.17, 15) is 14.7 Å². The number of nitrogen functional groups attached to an aromatic ring is 1. The molecule has 2 aliphatic rings. The molecule has 10 nitrogen and oxygen atoms in total. The summed E-state index contributed by atoms with van der Waals surface area (Å²) in [7, 11) is 0. The fourth-order valence-electron chi connectivity index (χ4n) is 2.57. The van der Waals surface area contributed by atoms with Gasteiger partial charge in [0.15, 0.2) is 23.0 Å². The lowest BCUT2D eigenvalue weighted by molar-refractivity contribution is -0.113. The molecule has 1 aliphatic heterocycles. The van der Waals surface area contributed by atoms with Crippen LogP contribution >= 0.6 is 0 Å². The number of ether oxygens (including phenoxy) is 1. The van der Waals surface area contributed by atoms with Gasteiger partial charge in [0.1, 0.15) is 24.2 Å². The lowest BCUT2D eigenvalue weighted by atomic mass is 10.2. The average Bonchev–Trinajstić information content (AvgIpc) is 3.22. The molecule has 4 N–H and O–H groups in total. The van der Waals surface area contributed by atoms with Gasteiger partial charge in [-0.25, -0.2) is 15.0 Å². The minimum absolute atomic E-state index is 0.121. The van der Waals surface area contributed by atoms with E-state index in [1.807, 2.05) is 0 Å². The van der Waals surface area contributed by atoms with Crippen molar-refractivity contribution in [3.63, 3.8) is 0 Å². The molecule has 136 valence electrons. The first-order valence-electron chi connectivity index (χ1n) is 7.81. The second kappa shape index (κ2) is 7.52. The van der Waals surface area contributed by atoms with Crippen molar-refractivity contribution in [2.24, 2.45) is 0 Å². The third kappa shape index (κ3) is 3.67. The molecule has 4 rings (SSSR count). The predicted molar refractivity (Wildman–Crippen MR) is 89.6 cm³/mol. The zero-order valence-electron chi connectivity index (χ0n) is 13.6. The summed E-state index contributed by atoms with van der Waals surface area (Å²) in [6, 6.07) is 0. The number of fused-ring (bicyclic) bond motifs is 1. The van der Waals surface area contributed by atoms with Gasteiger partial charge < -0.3 is 20.7 Å². The first kappa shape index (κ1) is 17.9. The van der Waals surface area contributed by atoms with E-state index in [1.54, 1.807) is 10.9 Å². The molecular formula is C16H17N5O5. The number of carbonyl (C=O) groups excluding carboxylic acids is 2. The first-order chi connectivity index (χ1) is 12.5. The Morgan fingerprint density at radius 1 is 1.15 bits per heavy atom. The number of aliphatic hydroxyl groups is 2. The number of nitrogens with two attached hydrogens (primary N) is 1. The molecular weight excluding hydrogens is 342 g/mol. The standard InChI is InChI=1S/C10H13N5O3.C6H4O2/c11-9-8-10(13-3-12-9)15(4-14-8)7-1-5(17)6(2-16)18-7;7-5-1-2-6(8)4-3-5/h3-7,16-17H,1-2H2,(H2,11,12,13);1-4H/t5-,6+,7+;/m0./s1. The van der Waals surface area contributed by atoms with Crippen LogP contribution in [0.2, 0.25) is 0 Å². The van der Waals surface area contributed by atoms with Crippen molar-refractivity contribution in [3.05, 3.63) is 37.0 Å². The van der Waals surface area contributed by atoms with Gasteiger partial charge in [0.25, 0.3) is 0 Å². The minimum Gasteiger partial charge on any atom is -0.394 e. The molecule has 0 bridgehead atoms. The number of rotatable bonds is 2. The van der Waals surface area contributed by atoms with Gasteiger partial charge in [-0.15, -0.1) is 0 Å². The Morgan fingerprint density at radius 2 is 1.81 bits per heavy atom. The van der Waals surface area contributed by atoms with E-state index < -0.39 is 18.4 Å². The van der Waals surface area contributed by atoms with Crippen molar-refractivity contribution in [3.8, 4) is 0 Å². The molecule has 1 saturated heterocycles. The van der Waals surface area contributed by atoms with Gasteiger partial charge in [0, 0.05) is 6.42 Å². The number of aliphatic hydroxyl groups excluding tert-OH is 2. The summed E-state index contributed by atoms with van der Waals surface area (Å²) in [5.41, 5.74) is 6.75. The summed E-state index contributed by atoms with van der Waals surface area (Å²) in [5, 5.41) is 18.8. The van der Waals surface area contributed by atoms with Crippen molar-refractivity contribution in [2.75, 3.05) is 12.3 Å². The van der Waals surface area contributed by atoms with Crippen molar-refractivity contribution in [1.29, 1.82) is 0 Å². The fraction of sp³-hybridized carbons (Fsp3) is 0.312. The van der Waals surface area contributed by atoms with E-state index in [2.05, 4.69) is 15.0 Å². The molecule has 2 aromatic heterocycles. The first-order valence-corrected chi connectivity index (χ1v) is 7.81. The van der Waals surface area contributed by atoms with Crippen LogP contribution in [0.15, 0.2) is 37.0 Å². The minimum atomic E-state index is -0.698. The normalized spacial score (nSPS) is 24.8. The number of hydrogen-bond donors (Lipinski definition) is 3. The van der Waals surface area contributed by atoms with Gasteiger partial charge in [-0.2, -0.15) is 0 Å². The molecule has 0 saturated carbocycles. The maximum Gasteiger partial charge on any atom is 0.178 e. The number of hydrogen-bond acceptors (Lipinski definition) is 9. The molecule has 3 atom stereocenters. The summed E-state index contributed by atoms with van der Waals surface area (Å²) in [4.78, 5) is 32.7. The van der Waals surface area contributed by atoms with Crippen LogP contribution in [-0.2, 0) is 14.3 Å². The molecule has 0 spiro atoms. The molecule has 0 unspecified atom stereocenters. The molecule has 0 amide bonds. The molecule has 0 radical (unpaired) electrons. The summed E-state index contributed by atoms with van der Waals surface area (Å²) in [6.07, 6.45) is 6.60. The summed E-state index contributed by atoms with van der Waals surface area (Å²) >= 11 is 0. The lowest BCUT2D eigenvalue weighted by Crippen LogP contribution is -2.24. The number of ketones is 2. The van der Waals surface area contributed by atoms with E-state index >= 15 is 0 Å². The van der Waals surface area contributed by atoms with Crippen LogP contribution in [0.25, 0.3) is 11.2 Å². The number of nitrogens with zero attached hydrogens (tertiary/aromatic N) is 4. The van der Waals surface area contributed by atoms with Crippen LogP contribution < -0.4 is 5.73 Å². The Balaban J connectivity index is 0.000000206. The zero-order chi connectivity index (χ0) is 18.7. The highest BCUT2D eigenvalue weighted by Crippen LogP contribution is 2.30. The molecule has 2 aromatic rings. The van der Waals surface area contributed by atoms with Gasteiger partial charge in [-0.1, -0.05) is 0 Å². The predicted octanol–water partition coefficient (Wildman–Crippen LogP) is -0.700. The topological polar surface area (TPSA) is 153 Å². The monoisotopic (exact) mass is 359 g/mol. The van der Waals surface area contributed by atoms with Crippen LogP contribution in [0.1, 0.15) is 12.6 Å². The Labute approximate surface area is 147 Å². The molecule has 3 heterocycles. The van der Waals surface area contributed by atoms with E-state index in [-0.39, 0.29) is 18.2 Å². The smallest absolute Gasteiger partial charge is 0.178 e. The second-order valence-electron chi connectivity index (χ2n) is 5.67. The van der Waals surface area contributed by atoms with Gasteiger partial charge in [-0.3, -0.25) is 14.2 Å². The Hall–Kier alpha value is -2.95. The molecule has 10 heteroatoms. The van der Waals surface area contributed by atoms with Gasteiger partial charge >= 0.3 is 0 Å². The second-order valence-corrected chi connectivity index (χ2v) is 5.67. The van der Waals surface area contributed by atoms with Crippen molar-refractivity contribution >= 4 is 28.5 Å². The fourth-order valence-corrected chi connectivity index (χ4v) is 2.57. The quantitative estimate of drug-likeness (QED) is 0.590. The third-order valence-corrected chi connectivity index (χ3v) is 3.91. The maximum atomic E-state index is 10.3. The number of carbonyl (C=O) groups is 2. The van der Waals surface area contributed by atoms with Crippen LogP contribution in [0.5, 0.6) is 0 Å². The highest BCUT2D eigenvalue weighted by molar-refractivity contribution is 6.14. The molecule has 0 aromatic carbocycles. The number of imidazole rings is 1. The van der Waals surface area contributed by atoms with Crippen LogP contribution in [0.3, 0.4) is 0 Å². The highest BCUT2D eigenvalue weighted by Gasteiger charge is 2.35. The number of anilines is 1. The number of allylic oxidation sites excluding steroid dienone is 4. The van der Waals surface area contributed by atoms with Crippen LogP contribution in [0.4, 0.5) is 5.82 Å². The zero-order valence-corrected chi connectivity index (χ0v) is 13.6. The van der Waals surface area contributed by atoms with Gasteiger partial charge in [-0.05, 0) is 24.3 Å². The van der Waals surface area contributed by atoms with Crippen molar-refractivity contribution < 1.29 is 24.5 Å². The summed E-state index contributed by atoms with van der Waals surface area (Å²) in [6.45, 7) is -0.221. The Morgan fingerprint density at radius 3 is 2.38 bits per heavy atom. The largest absolute Gasteiger partial charge is 0.394 e. The lowest BCUT2D eigenvalue weighted by Gasteiger charge is -2.13. The average molecular weight is 359 g/mol. The van der Waals surface area contributed by atoms with E-state index in [0.29, 0.717) is 23.4 Å². The van der Waals surface area contributed by atoms with E-state index in [0.717, 1.165) is 0 Å². The third-order valence-electron chi connectivity index (χ3n) is 3.91.